The van der Waals surface area contributed by atoms with Crippen LogP contribution in [0, 0.1) is 10.8 Å². The zero-order chi connectivity index (χ0) is 15.1. The Labute approximate surface area is 136 Å². The molecule has 2 nitrogen and oxygen atoms in total. The first-order chi connectivity index (χ1) is 9.94. The maximum absolute atomic E-state index is 13.2. The number of hydrogen-bond acceptors (Lipinski definition) is 2. The van der Waals surface area contributed by atoms with Crippen molar-refractivity contribution in [2.24, 2.45) is 10.8 Å². The summed E-state index contributed by atoms with van der Waals surface area (Å²) in [6.45, 7) is 4.14. The summed E-state index contributed by atoms with van der Waals surface area (Å²) < 4.78 is 0. The zero-order valence-corrected chi connectivity index (χ0v) is 13.9. The molecule has 0 radical (unpaired) electrons. The first-order valence-electron chi connectivity index (χ1n) is 7.65. The van der Waals surface area contributed by atoms with E-state index in [-0.39, 0.29) is 11.2 Å². The number of ketones is 1. The summed E-state index contributed by atoms with van der Waals surface area (Å²) in [4.78, 5) is 13.2. The first-order valence-corrected chi connectivity index (χ1v) is 8.40. The minimum atomic E-state index is -0.229. The SMILES string of the molecule is CC1(CC2(C(=O)c3ccc(Cl)c(Cl)c3)CCNCC2)CC1. The van der Waals surface area contributed by atoms with Crippen LogP contribution in [0.15, 0.2) is 18.2 Å². The predicted octanol–water partition coefficient (Wildman–Crippen LogP) is 4.74. The Morgan fingerprint density at radius 3 is 2.38 bits per heavy atom. The topological polar surface area (TPSA) is 29.1 Å². The van der Waals surface area contributed by atoms with E-state index in [2.05, 4.69) is 12.2 Å². The summed E-state index contributed by atoms with van der Waals surface area (Å²) >= 11 is 12.1. The second-order valence-corrected chi connectivity index (χ2v) is 7.79. The van der Waals surface area contributed by atoms with E-state index in [1.54, 1.807) is 12.1 Å². The van der Waals surface area contributed by atoms with E-state index in [4.69, 9.17) is 23.2 Å². The summed E-state index contributed by atoms with van der Waals surface area (Å²) in [5, 5.41) is 4.34. The van der Waals surface area contributed by atoms with E-state index in [9.17, 15) is 4.79 Å². The molecule has 1 aromatic carbocycles. The Morgan fingerprint density at radius 2 is 1.81 bits per heavy atom. The van der Waals surface area contributed by atoms with E-state index in [1.807, 2.05) is 6.07 Å². The van der Waals surface area contributed by atoms with Gasteiger partial charge in [0.2, 0.25) is 0 Å². The van der Waals surface area contributed by atoms with Gasteiger partial charge < -0.3 is 5.32 Å². The number of halogens is 2. The lowest BCUT2D eigenvalue weighted by Crippen LogP contribution is -2.43. The van der Waals surface area contributed by atoms with E-state index < -0.39 is 0 Å². The molecule has 1 aliphatic carbocycles. The Bertz CT molecular complexity index is 560. The second kappa shape index (κ2) is 5.57. The van der Waals surface area contributed by atoms with Gasteiger partial charge in [0.1, 0.15) is 0 Å². The second-order valence-electron chi connectivity index (χ2n) is 6.98. The van der Waals surface area contributed by atoms with Gasteiger partial charge in [-0.2, -0.15) is 0 Å². The number of hydrogen-bond donors (Lipinski definition) is 1. The van der Waals surface area contributed by atoms with Crippen molar-refractivity contribution in [3.8, 4) is 0 Å². The van der Waals surface area contributed by atoms with Crippen LogP contribution in [0.2, 0.25) is 10.0 Å². The van der Waals surface area contributed by atoms with Crippen molar-refractivity contribution >= 4 is 29.0 Å². The molecule has 114 valence electrons. The van der Waals surface area contributed by atoms with Crippen molar-refractivity contribution < 1.29 is 4.79 Å². The third kappa shape index (κ3) is 3.13. The molecule has 1 heterocycles. The lowest BCUT2D eigenvalue weighted by atomic mass is 9.67. The summed E-state index contributed by atoms with van der Waals surface area (Å²) in [5.74, 6) is 0.246. The van der Waals surface area contributed by atoms with Crippen molar-refractivity contribution in [1.82, 2.24) is 5.32 Å². The third-order valence-corrected chi connectivity index (χ3v) is 5.83. The molecule has 4 heteroatoms. The van der Waals surface area contributed by atoms with Gasteiger partial charge in [-0.25, -0.2) is 0 Å². The molecule has 2 aliphatic rings. The molecule has 0 bridgehead atoms. The zero-order valence-electron chi connectivity index (χ0n) is 12.3. The predicted molar refractivity (Wildman–Crippen MR) is 87.3 cm³/mol. The molecule has 3 rings (SSSR count). The van der Waals surface area contributed by atoms with E-state index in [0.29, 0.717) is 21.0 Å². The fraction of sp³-hybridized carbons (Fsp3) is 0.588. The van der Waals surface area contributed by atoms with Gasteiger partial charge in [-0.1, -0.05) is 30.1 Å². The maximum atomic E-state index is 13.2. The first kappa shape index (κ1) is 15.3. The number of carbonyl (C=O) groups excluding carboxylic acids is 1. The van der Waals surface area contributed by atoms with Gasteiger partial charge >= 0.3 is 0 Å². The van der Waals surface area contributed by atoms with Crippen LogP contribution in [-0.2, 0) is 0 Å². The molecule has 0 unspecified atom stereocenters. The fourth-order valence-electron chi connectivity index (χ4n) is 3.54. The van der Waals surface area contributed by atoms with Crippen molar-refractivity contribution in [2.45, 2.75) is 39.0 Å². The number of benzene rings is 1. The number of rotatable bonds is 4. The Morgan fingerprint density at radius 1 is 1.14 bits per heavy atom. The smallest absolute Gasteiger partial charge is 0.169 e. The molecule has 0 aromatic heterocycles. The molecule has 1 aliphatic heterocycles. The van der Waals surface area contributed by atoms with Crippen LogP contribution in [0.4, 0.5) is 0 Å². The van der Waals surface area contributed by atoms with Gasteiger partial charge in [-0.05, 0) is 68.8 Å². The minimum absolute atomic E-state index is 0.229. The largest absolute Gasteiger partial charge is 0.317 e. The van der Waals surface area contributed by atoms with Crippen molar-refractivity contribution in [3.05, 3.63) is 33.8 Å². The lowest BCUT2D eigenvalue weighted by molar-refractivity contribution is 0.0655. The van der Waals surface area contributed by atoms with Gasteiger partial charge in [0.25, 0.3) is 0 Å². The molecular weight excluding hydrogens is 305 g/mol. The Kier molecular flexibility index (Phi) is 4.06. The van der Waals surface area contributed by atoms with Crippen LogP contribution in [0.3, 0.4) is 0 Å². The highest BCUT2D eigenvalue weighted by Gasteiger charge is 2.49. The summed E-state index contributed by atoms with van der Waals surface area (Å²) in [6, 6.07) is 5.27. The van der Waals surface area contributed by atoms with Crippen molar-refractivity contribution in [2.75, 3.05) is 13.1 Å². The molecule has 0 spiro atoms. The molecule has 1 saturated carbocycles. The highest BCUT2D eigenvalue weighted by atomic mass is 35.5. The Balaban J connectivity index is 1.91. The highest BCUT2D eigenvalue weighted by Crippen LogP contribution is 2.55. The number of carbonyl (C=O) groups is 1. The normalized spacial score (nSPS) is 22.8. The van der Waals surface area contributed by atoms with E-state index >= 15 is 0 Å². The quantitative estimate of drug-likeness (QED) is 0.810. The van der Waals surface area contributed by atoms with Crippen LogP contribution in [0.5, 0.6) is 0 Å². The summed E-state index contributed by atoms with van der Waals surface area (Å²) in [6.07, 6.45) is 5.33. The van der Waals surface area contributed by atoms with Crippen LogP contribution >= 0.6 is 23.2 Å². The average molecular weight is 326 g/mol. The monoisotopic (exact) mass is 325 g/mol. The molecule has 0 amide bonds. The van der Waals surface area contributed by atoms with Gasteiger partial charge in [-0.15, -0.1) is 0 Å². The molecule has 1 aromatic rings. The van der Waals surface area contributed by atoms with Crippen LogP contribution in [0.1, 0.15) is 49.4 Å². The van der Waals surface area contributed by atoms with Gasteiger partial charge in [0.15, 0.2) is 5.78 Å². The van der Waals surface area contributed by atoms with Crippen LogP contribution in [-0.4, -0.2) is 18.9 Å². The standard InChI is InChI=1S/C17H21Cl2NO/c1-16(4-5-16)11-17(6-8-20-9-7-17)15(21)12-2-3-13(18)14(19)10-12/h2-3,10,20H,4-9,11H2,1H3. The third-order valence-electron chi connectivity index (χ3n) is 5.09. The van der Waals surface area contributed by atoms with E-state index in [1.165, 1.54) is 12.8 Å². The summed E-state index contributed by atoms with van der Waals surface area (Å²) in [7, 11) is 0. The molecule has 21 heavy (non-hydrogen) atoms. The molecular formula is C17H21Cl2NO. The van der Waals surface area contributed by atoms with Gasteiger partial charge in [0, 0.05) is 11.0 Å². The molecule has 1 N–H and O–H groups in total. The Hall–Kier alpha value is -0.570. The van der Waals surface area contributed by atoms with Crippen molar-refractivity contribution in [1.29, 1.82) is 0 Å². The van der Waals surface area contributed by atoms with E-state index in [0.717, 1.165) is 32.4 Å². The number of piperidine rings is 1. The van der Waals surface area contributed by atoms with Crippen LogP contribution in [0.25, 0.3) is 0 Å². The van der Waals surface area contributed by atoms with Gasteiger partial charge in [0.05, 0.1) is 10.0 Å². The number of Topliss-reactive ketones (excluding diaryl/α,β-unsaturated/α-hetero) is 1. The fourth-order valence-corrected chi connectivity index (χ4v) is 3.84. The lowest BCUT2D eigenvalue weighted by Gasteiger charge is -2.38. The average Bonchev–Trinajstić information content (AvgIpc) is 3.19. The molecule has 0 atom stereocenters. The molecule has 2 fully saturated rings. The van der Waals surface area contributed by atoms with Gasteiger partial charge in [-0.3, -0.25) is 4.79 Å². The van der Waals surface area contributed by atoms with Crippen molar-refractivity contribution in [3.63, 3.8) is 0 Å². The maximum Gasteiger partial charge on any atom is 0.169 e. The minimum Gasteiger partial charge on any atom is -0.317 e. The van der Waals surface area contributed by atoms with Crippen LogP contribution < -0.4 is 5.32 Å². The molecule has 1 saturated heterocycles. The highest BCUT2D eigenvalue weighted by molar-refractivity contribution is 6.42. The number of nitrogens with one attached hydrogen (secondary N) is 1. The summed E-state index contributed by atoms with van der Waals surface area (Å²) in [5.41, 5.74) is 0.840.